The maximum absolute atomic E-state index is 4.40. The van der Waals surface area contributed by atoms with E-state index in [0.29, 0.717) is 0 Å². The second-order valence-corrected chi connectivity index (χ2v) is 4.44. The van der Waals surface area contributed by atoms with Crippen molar-refractivity contribution in [2.75, 3.05) is 0 Å². The highest BCUT2D eigenvalue weighted by atomic mass is 79.9. The van der Waals surface area contributed by atoms with Crippen molar-refractivity contribution in [1.29, 1.82) is 0 Å². The molecule has 2 heterocycles. The number of rotatable bonds is 0. The quantitative estimate of drug-likeness (QED) is 0.604. The van der Waals surface area contributed by atoms with Crippen LogP contribution in [0.5, 0.6) is 0 Å². The van der Waals surface area contributed by atoms with Gasteiger partial charge in [-0.15, -0.1) is 0 Å². The Balaban J connectivity index is 2.65. The number of hydrogen-bond acceptors (Lipinski definition) is 1. The summed E-state index contributed by atoms with van der Waals surface area (Å²) in [6.07, 6.45) is 3.94. The van der Waals surface area contributed by atoms with Crippen molar-refractivity contribution >= 4 is 32.3 Å². The third kappa shape index (κ3) is 1.20. The molecule has 3 rings (SSSR count). The van der Waals surface area contributed by atoms with Crippen molar-refractivity contribution in [3.05, 3.63) is 46.8 Å². The predicted molar refractivity (Wildman–Crippen MR) is 65.1 cm³/mol. The second kappa shape index (κ2) is 3.07. The lowest BCUT2D eigenvalue weighted by atomic mass is 10.1. The Bertz CT molecular complexity index is 655. The Morgan fingerprint density at radius 2 is 1.93 bits per heavy atom. The molecule has 2 nitrogen and oxygen atoms in total. The van der Waals surface area contributed by atoms with E-state index in [9.17, 15) is 0 Å². The molecule has 74 valence electrons. The van der Waals surface area contributed by atoms with E-state index in [4.69, 9.17) is 0 Å². The summed E-state index contributed by atoms with van der Waals surface area (Å²) in [5.41, 5.74) is 2.26. The largest absolute Gasteiger partial charge is 0.293 e. The Morgan fingerprint density at radius 3 is 2.73 bits per heavy atom. The molecule has 0 aliphatic carbocycles. The van der Waals surface area contributed by atoms with Gasteiger partial charge in [-0.1, -0.05) is 24.3 Å². The molecule has 1 aromatic carbocycles. The zero-order chi connectivity index (χ0) is 10.4. The first-order valence-corrected chi connectivity index (χ1v) is 5.57. The average molecular weight is 261 g/mol. The van der Waals surface area contributed by atoms with Crippen LogP contribution >= 0.6 is 15.9 Å². The molecule has 3 aromatic rings. The minimum Gasteiger partial charge on any atom is -0.293 e. The van der Waals surface area contributed by atoms with Crippen LogP contribution in [0.15, 0.2) is 41.3 Å². The van der Waals surface area contributed by atoms with Gasteiger partial charge in [-0.25, -0.2) is 4.98 Å². The van der Waals surface area contributed by atoms with Crippen LogP contribution in [-0.2, 0) is 0 Å². The van der Waals surface area contributed by atoms with Gasteiger partial charge in [-0.2, -0.15) is 0 Å². The zero-order valence-corrected chi connectivity index (χ0v) is 9.82. The van der Waals surface area contributed by atoms with E-state index in [-0.39, 0.29) is 0 Å². The Hall–Kier alpha value is -1.35. The van der Waals surface area contributed by atoms with Gasteiger partial charge in [0.05, 0.1) is 6.20 Å². The van der Waals surface area contributed by atoms with E-state index < -0.39 is 0 Å². The summed E-state index contributed by atoms with van der Waals surface area (Å²) in [6, 6.07) is 8.35. The monoisotopic (exact) mass is 260 g/mol. The van der Waals surface area contributed by atoms with Crippen LogP contribution in [0.1, 0.15) is 5.56 Å². The van der Waals surface area contributed by atoms with Crippen molar-refractivity contribution in [1.82, 2.24) is 9.38 Å². The molecule has 2 aromatic heterocycles. The first-order chi connectivity index (χ1) is 7.27. The number of aryl methyl sites for hydroxylation is 1. The lowest BCUT2D eigenvalue weighted by Crippen LogP contribution is -1.89. The maximum atomic E-state index is 4.40. The molecule has 0 radical (unpaired) electrons. The molecule has 0 aliphatic rings. The van der Waals surface area contributed by atoms with E-state index in [0.717, 1.165) is 10.3 Å². The van der Waals surface area contributed by atoms with Crippen LogP contribution in [0.2, 0.25) is 0 Å². The first-order valence-electron chi connectivity index (χ1n) is 4.78. The van der Waals surface area contributed by atoms with Gasteiger partial charge in [0, 0.05) is 11.6 Å². The molecule has 0 unspecified atom stereocenters. The van der Waals surface area contributed by atoms with Crippen molar-refractivity contribution in [2.45, 2.75) is 6.92 Å². The molecule has 0 bridgehead atoms. The van der Waals surface area contributed by atoms with E-state index in [1.807, 2.05) is 12.3 Å². The third-order valence-electron chi connectivity index (χ3n) is 2.67. The lowest BCUT2D eigenvalue weighted by Gasteiger charge is -2.04. The number of nitrogens with zero attached hydrogens (tertiary/aromatic N) is 2. The molecular weight excluding hydrogens is 252 g/mol. The van der Waals surface area contributed by atoms with Gasteiger partial charge in [0.2, 0.25) is 0 Å². The summed E-state index contributed by atoms with van der Waals surface area (Å²) >= 11 is 3.49. The summed E-state index contributed by atoms with van der Waals surface area (Å²) in [4.78, 5) is 4.40. The normalized spacial score (nSPS) is 11.3. The van der Waals surface area contributed by atoms with Crippen molar-refractivity contribution in [3.8, 4) is 0 Å². The topological polar surface area (TPSA) is 17.3 Å². The minimum absolute atomic E-state index is 0.992. The standard InChI is InChI=1S/C12H9BrN2/c1-8-7-15-11(13)6-14-12(15)10-5-3-2-4-9(8)10/h2-7H,1H3. The summed E-state index contributed by atoms with van der Waals surface area (Å²) < 4.78 is 3.06. The van der Waals surface area contributed by atoms with Crippen LogP contribution in [0.3, 0.4) is 0 Å². The smallest absolute Gasteiger partial charge is 0.145 e. The lowest BCUT2D eigenvalue weighted by molar-refractivity contribution is 1.15. The molecule has 15 heavy (non-hydrogen) atoms. The summed E-state index contributed by atoms with van der Waals surface area (Å²) in [5.74, 6) is 0. The Morgan fingerprint density at radius 1 is 1.20 bits per heavy atom. The van der Waals surface area contributed by atoms with Crippen molar-refractivity contribution in [3.63, 3.8) is 0 Å². The summed E-state index contributed by atoms with van der Waals surface area (Å²) in [5, 5.41) is 2.46. The van der Waals surface area contributed by atoms with E-state index in [1.54, 1.807) is 0 Å². The number of hydrogen-bond donors (Lipinski definition) is 0. The molecule has 0 N–H and O–H groups in total. The molecular formula is C12H9BrN2. The summed E-state index contributed by atoms with van der Waals surface area (Å²) in [6.45, 7) is 2.12. The zero-order valence-electron chi connectivity index (χ0n) is 8.24. The van der Waals surface area contributed by atoms with Gasteiger partial charge >= 0.3 is 0 Å². The van der Waals surface area contributed by atoms with E-state index in [1.165, 1.54) is 16.3 Å². The molecule has 0 saturated carbocycles. The highest BCUT2D eigenvalue weighted by molar-refractivity contribution is 9.10. The highest BCUT2D eigenvalue weighted by Crippen LogP contribution is 2.24. The maximum Gasteiger partial charge on any atom is 0.145 e. The molecule has 3 heteroatoms. The van der Waals surface area contributed by atoms with Gasteiger partial charge in [0.1, 0.15) is 10.3 Å². The SMILES string of the molecule is Cc1cn2c(Br)cnc2c2ccccc12. The Labute approximate surface area is 95.7 Å². The number of halogens is 1. The van der Waals surface area contributed by atoms with Crippen LogP contribution < -0.4 is 0 Å². The van der Waals surface area contributed by atoms with Crippen LogP contribution in [0, 0.1) is 6.92 Å². The minimum atomic E-state index is 0.992. The van der Waals surface area contributed by atoms with Crippen molar-refractivity contribution < 1.29 is 0 Å². The Kier molecular flexibility index (Phi) is 1.83. The van der Waals surface area contributed by atoms with E-state index in [2.05, 4.69) is 56.6 Å². The number of imidazole rings is 1. The van der Waals surface area contributed by atoms with E-state index >= 15 is 0 Å². The van der Waals surface area contributed by atoms with Crippen LogP contribution in [-0.4, -0.2) is 9.38 Å². The van der Waals surface area contributed by atoms with Crippen LogP contribution in [0.25, 0.3) is 16.4 Å². The fourth-order valence-corrected chi connectivity index (χ4v) is 2.32. The predicted octanol–water partition coefficient (Wildman–Crippen LogP) is 3.56. The molecule has 0 saturated heterocycles. The fourth-order valence-electron chi connectivity index (χ4n) is 1.95. The molecule has 0 spiro atoms. The molecule has 0 fully saturated rings. The summed E-state index contributed by atoms with van der Waals surface area (Å²) in [7, 11) is 0. The number of benzene rings is 1. The number of aromatic nitrogens is 2. The molecule has 0 aliphatic heterocycles. The molecule has 0 amide bonds. The van der Waals surface area contributed by atoms with Gasteiger partial charge in [-0.3, -0.25) is 4.40 Å². The third-order valence-corrected chi connectivity index (χ3v) is 3.25. The second-order valence-electron chi connectivity index (χ2n) is 3.63. The average Bonchev–Trinajstić information content (AvgIpc) is 2.62. The van der Waals surface area contributed by atoms with Crippen LogP contribution in [0.4, 0.5) is 0 Å². The van der Waals surface area contributed by atoms with Gasteiger partial charge < -0.3 is 0 Å². The fraction of sp³-hybridized carbons (Fsp3) is 0.0833. The van der Waals surface area contributed by atoms with Crippen molar-refractivity contribution in [2.24, 2.45) is 0 Å². The first kappa shape index (κ1) is 8.92. The van der Waals surface area contributed by atoms with Gasteiger partial charge in [0.25, 0.3) is 0 Å². The molecule has 0 atom stereocenters. The highest BCUT2D eigenvalue weighted by Gasteiger charge is 2.06. The van der Waals surface area contributed by atoms with Gasteiger partial charge in [-0.05, 0) is 33.8 Å². The van der Waals surface area contributed by atoms with Gasteiger partial charge in [0.15, 0.2) is 0 Å². The number of fused-ring (bicyclic) bond motifs is 3. The number of pyridine rings is 1.